The van der Waals surface area contributed by atoms with Gasteiger partial charge in [0.25, 0.3) is 0 Å². The highest BCUT2D eigenvalue weighted by Gasteiger charge is 2.23. The number of nitrogens with one attached hydrogen (secondary N) is 1. The summed E-state index contributed by atoms with van der Waals surface area (Å²) < 4.78 is 0. The van der Waals surface area contributed by atoms with Crippen LogP contribution in [0.3, 0.4) is 0 Å². The molecule has 2 rings (SSSR count). The van der Waals surface area contributed by atoms with Gasteiger partial charge in [-0.1, -0.05) is 49.4 Å². The normalized spacial score (nSPS) is 16.5. The summed E-state index contributed by atoms with van der Waals surface area (Å²) in [5.74, 6) is 0. The second kappa shape index (κ2) is 11.8. The van der Waals surface area contributed by atoms with Crippen LogP contribution in [0.5, 0.6) is 0 Å². The van der Waals surface area contributed by atoms with Crippen LogP contribution in [0.2, 0.25) is 10.0 Å². The molecule has 1 aliphatic heterocycles. The maximum atomic E-state index is 6.42. The predicted octanol–water partition coefficient (Wildman–Crippen LogP) is 5.36. The van der Waals surface area contributed by atoms with E-state index in [0.29, 0.717) is 6.04 Å². The number of unbranched alkanes of at least 4 members (excludes halogenated alkanes) is 2. The second-order valence-electron chi connectivity index (χ2n) is 5.46. The molecule has 1 heterocycles. The van der Waals surface area contributed by atoms with E-state index in [9.17, 15) is 0 Å². The smallest absolute Gasteiger partial charge is 0.0454 e. The Morgan fingerprint density at radius 3 is 2.45 bits per heavy atom. The van der Waals surface area contributed by atoms with Gasteiger partial charge in [0.15, 0.2) is 0 Å². The molecule has 1 atom stereocenters. The van der Waals surface area contributed by atoms with Crippen LogP contribution in [0.15, 0.2) is 18.2 Å². The fourth-order valence-electron chi connectivity index (χ4n) is 2.89. The van der Waals surface area contributed by atoms with Gasteiger partial charge in [0, 0.05) is 42.3 Å². The van der Waals surface area contributed by atoms with Crippen LogP contribution in [0.4, 0.5) is 0 Å². The zero-order valence-electron chi connectivity index (χ0n) is 13.0. The maximum absolute atomic E-state index is 6.42. The van der Waals surface area contributed by atoms with E-state index in [1.807, 2.05) is 18.2 Å². The number of piperazine rings is 1. The summed E-state index contributed by atoms with van der Waals surface area (Å²) in [6.07, 6.45) is 4.93. The molecule has 1 N–H and O–H groups in total. The van der Waals surface area contributed by atoms with Crippen molar-refractivity contribution in [3.63, 3.8) is 0 Å². The minimum absolute atomic E-state index is 0. The van der Waals surface area contributed by atoms with E-state index in [2.05, 4.69) is 17.1 Å². The zero-order chi connectivity index (χ0) is 14.4. The first kappa shape index (κ1) is 22.3. The molecule has 1 saturated heterocycles. The van der Waals surface area contributed by atoms with Crippen molar-refractivity contribution in [2.24, 2.45) is 0 Å². The average Bonchev–Trinajstić information content (AvgIpc) is 2.48. The summed E-state index contributed by atoms with van der Waals surface area (Å²) in [4.78, 5) is 2.55. The lowest BCUT2D eigenvalue weighted by molar-refractivity contribution is 0.163. The van der Waals surface area contributed by atoms with Crippen LogP contribution in [0.25, 0.3) is 0 Å². The fourth-order valence-corrected chi connectivity index (χ4v) is 3.31. The molecule has 22 heavy (non-hydrogen) atoms. The van der Waals surface area contributed by atoms with E-state index in [-0.39, 0.29) is 24.8 Å². The van der Waals surface area contributed by atoms with Crippen LogP contribution in [-0.4, -0.2) is 31.1 Å². The average molecular weight is 388 g/mol. The summed E-state index contributed by atoms with van der Waals surface area (Å²) >= 11 is 12.6. The molecule has 0 radical (unpaired) electrons. The van der Waals surface area contributed by atoms with Gasteiger partial charge in [-0.3, -0.25) is 4.90 Å². The monoisotopic (exact) mass is 386 g/mol. The highest BCUT2D eigenvalue weighted by Crippen LogP contribution is 2.33. The third kappa shape index (κ3) is 6.43. The van der Waals surface area contributed by atoms with Crippen molar-refractivity contribution in [1.29, 1.82) is 0 Å². The first-order chi connectivity index (χ1) is 9.72. The number of rotatable bonds is 6. The first-order valence-corrected chi connectivity index (χ1v) is 8.37. The molecule has 0 aromatic heterocycles. The van der Waals surface area contributed by atoms with Crippen LogP contribution in [0.1, 0.15) is 44.2 Å². The molecule has 1 aromatic rings. The van der Waals surface area contributed by atoms with E-state index in [1.54, 1.807) is 0 Å². The Morgan fingerprint density at radius 1 is 1.14 bits per heavy atom. The van der Waals surface area contributed by atoms with E-state index in [4.69, 9.17) is 23.2 Å². The third-order valence-corrected chi connectivity index (χ3v) is 4.57. The molecule has 0 aliphatic carbocycles. The molecule has 1 aromatic carbocycles. The topological polar surface area (TPSA) is 15.3 Å². The van der Waals surface area contributed by atoms with Crippen LogP contribution < -0.4 is 5.32 Å². The minimum atomic E-state index is 0. The molecule has 128 valence electrons. The Labute approximate surface area is 156 Å². The van der Waals surface area contributed by atoms with Crippen LogP contribution in [0, 0.1) is 0 Å². The molecule has 0 saturated carbocycles. The minimum Gasteiger partial charge on any atom is -0.314 e. The summed E-state index contributed by atoms with van der Waals surface area (Å²) in [7, 11) is 0. The van der Waals surface area contributed by atoms with Gasteiger partial charge < -0.3 is 5.32 Å². The van der Waals surface area contributed by atoms with Crippen molar-refractivity contribution in [2.75, 3.05) is 26.2 Å². The highest BCUT2D eigenvalue weighted by molar-refractivity contribution is 6.33. The molecule has 0 unspecified atom stereocenters. The Balaban J connectivity index is 0.00000220. The molecule has 6 heteroatoms. The molecular formula is C16H26Cl4N2. The third-order valence-electron chi connectivity index (χ3n) is 3.99. The van der Waals surface area contributed by atoms with Crippen molar-refractivity contribution in [3.05, 3.63) is 33.8 Å². The van der Waals surface area contributed by atoms with Gasteiger partial charge in [-0.2, -0.15) is 0 Å². The lowest BCUT2D eigenvalue weighted by Gasteiger charge is -2.36. The molecule has 1 aliphatic rings. The van der Waals surface area contributed by atoms with Crippen molar-refractivity contribution in [2.45, 2.75) is 38.6 Å². The van der Waals surface area contributed by atoms with Gasteiger partial charge >= 0.3 is 0 Å². The maximum Gasteiger partial charge on any atom is 0.0454 e. The lowest BCUT2D eigenvalue weighted by atomic mass is 9.98. The van der Waals surface area contributed by atoms with Gasteiger partial charge in [0.05, 0.1) is 0 Å². The molecular weight excluding hydrogens is 362 g/mol. The van der Waals surface area contributed by atoms with Gasteiger partial charge in [-0.25, -0.2) is 0 Å². The molecule has 0 spiro atoms. The van der Waals surface area contributed by atoms with Gasteiger partial charge in [0.2, 0.25) is 0 Å². The number of benzene rings is 1. The van der Waals surface area contributed by atoms with Gasteiger partial charge in [-0.05, 0) is 30.2 Å². The largest absolute Gasteiger partial charge is 0.314 e. The number of halogens is 4. The molecule has 0 amide bonds. The Morgan fingerprint density at radius 2 is 1.82 bits per heavy atom. The zero-order valence-corrected chi connectivity index (χ0v) is 16.1. The highest BCUT2D eigenvalue weighted by atomic mass is 35.5. The van der Waals surface area contributed by atoms with Crippen molar-refractivity contribution in [3.8, 4) is 0 Å². The van der Waals surface area contributed by atoms with Crippen molar-refractivity contribution in [1.82, 2.24) is 10.2 Å². The number of hydrogen-bond acceptors (Lipinski definition) is 2. The second-order valence-corrected chi connectivity index (χ2v) is 6.31. The Kier molecular flexibility index (Phi) is 11.9. The van der Waals surface area contributed by atoms with Gasteiger partial charge in [0.1, 0.15) is 0 Å². The number of nitrogens with zero attached hydrogens (tertiary/aromatic N) is 1. The molecule has 0 bridgehead atoms. The van der Waals surface area contributed by atoms with E-state index in [1.165, 1.54) is 24.8 Å². The lowest BCUT2D eigenvalue weighted by Crippen LogP contribution is -2.45. The summed E-state index contributed by atoms with van der Waals surface area (Å²) in [5, 5.41) is 5.03. The fraction of sp³-hybridized carbons (Fsp3) is 0.625. The Bertz CT molecular complexity index is 423. The Hall–Kier alpha value is 0.300. The van der Waals surface area contributed by atoms with E-state index in [0.717, 1.165) is 42.6 Å². The van der Waals surface area contributed by atoms with Gasteiger partial charge in [-0.15, -0.1) is 24.8 Å². The number of hydrogen-bond donors (Lipinski definition) is 1. The summed E-state index contributed by atoms with van der Waals surface area (Å²) in [5.41, 5.74) is 1.19. The quantitative estimate of drug-likeness (QED) is 0.660. The predicted molar refractivity (Wildman–Crippen MR) is 102 cm³/mol. The van der Waals surface area contributed by atoms with E-state index >= 15 is 0 Å². The molecule has 1 fully saturated rings. The van der Waals surface area contributed by atoms with Crippen molar-refractivity contribution < 1.29 is 0 Å². The van der Waals surface area contributed by atoms with Crippen molar-refractivity contribution >= 4 is 48.0 Å². The van der Waals surface area contributed by atoms with Crippen LogP contribution in [-0.2, 0) is 0 Å². The standard InChI is InChI=1S/C16H24Cl2N2.2ClH/c1-2-3-4-5-16(20-10-8-19-9-11-20)14-12-13(17)6-7-15(14)18;;/h6-7,12,16,19H,2-5,8-11H2,1H3;2*1H/t16-;;/m1../s1. The van der Waals surface area contributed by atoms with E-state index < -0.39 is 0 Å². The SMILES string of the molecule is CCCCC[C@H](c1cc(Cl)ccc1Cl)N1CCNCC1.Cl.Cl. The molecule has 2 nitrogen and oxygen atoms in total. The summed E-state index contributed by atoms with van der Waals surface area (Å²) in [6.45, 7) is 6.52. The summed E-state index contributed by atoms with van der Waals surface area (Å²) in [6, 6.07) is 6.24. The van der Waals surface area contributed by atoms with Crippen LogP contribution >= 0.6 is 48.0 Å². The first-order valence-electron chi connectivity index (χ1n) is 7.62.